The third kappa shape index (κ3) is 4.34. The second kappa shape index (κ2) is 8.29. The number of nitrogens with zero attached hydrogens (tertiary/aromatic N) is 1. The highest BCUT2D eigenvalue weighted by atomic mass is 35.5. The van der Waals surface area contributed by atoms with Crippen LogP contribution in [0, 0.1) is 0 Å². The molecule has 0 aliphatic heterocycles. The van der Waals surface area contributed by atoms with Crippen LogP contribution >= 0.6 is 22.9 Å². The Labute approximate surface area is 174 Å². The number of carbonyl (C=O) groups excluding carboxylic acids is 1. The standard InChI is InChI=1S/C23H23ClN2OS/c1-5-15(6-2)14-23(3,4)26-21(27)20-19(16-9-11-17(24)12-10-16)18-8-7-13-25-22(18)28-20/h5-13H,1,14H2,2-4H3,(H,26,27). The number of benzene rings is 1. The molecule has 0 fully saturated rings. The highest BCUT2D eigenvalue weighted by molar-refractivity contribution is 7.21. The third-order valence-electron chi connectivity index (χ3n) is 4.54. The first-order valence-corrected chi connectivity index (χ1v) is 10.3. The summed E-state index contributed by atoms with van der Waals surface area (Å²) < 4.78 is 0. The van der Waals surface area contributed by atoms with Crippen molar-refractivity contribution in [2.45, 2.75) is 32.7 Å². The summed E-state index contributed by atoms with van der Waals surface area (Å²) >= 11 is 7.47. The Bertz CT molecular complexity index is 1050. The van der Waals surface area contributed by atoms with Crippen LogP contribution in [0.5, 0.6) is 0 Å². The highest BCUT2D eigenvalue weighted by Gasteiger charge is 2.26. The van der Waals surface area contributed by atoms with Crippen LogP contribution in [0.2, 0.25) is 5.02 Å². The molecular weight excluding hydrogens is 388 g/mol. The lowest BCUT2D eigenvalue weighted by Gasteiger charge is -2.27. The normalized spacial score (nSPS) is 12.2. The zero-order valence-corrected chi connectivity index (χ0v) is 17.8. The maximum Gasteiger partial charge on any atom is 0.262 e. The topological polar surface area (TPSA) is 42.0 Å². The first kappa shape index (κ1) is 20.3. The molecule has 144 valence electrons. The average Bonchev–Trinajstić information content (AvgIpc) is 3.06. The second-order valence-electron chi connectivity index (χ2n) is 7.25. The van der Waals surface area contributed by atoms with Crippen molar-refractivity contribution in [1.29, 1.82) is 0 Å². The van der Waals surface area contributed by atoms with Crippen LogP contribution in [0.1, 0.15) is 36.9 Å². The Morgan fingerprint density at radius 1 is 1.29 bits per heavy atom. The number of rotatable bonds is 6. The van der Waals surface area contributed by atoms with Crippen molar-refractivity contribution in [3.8, 4) is 11.1 Å². The Morgan fingerprint density at radius 2 is 2.00 bits per heavy atom. The van der Waals surface area contributed by atoms with Crippen LogP contribution in [-0.4, -0.2) is 16.4 Å². The number of halogens is 1. The number of fused-ring (bicyclic) bond motifs is 1. The number of pyridine rings is 1. The predicted octanol–water partition coefficient (Wildman–Crippen LogP) is 6.65. The van der Waals surface area contributed by atoms with Crippen molar-refractivity contribution in [1.82, 2.24) is 10.3 Å². The van der Waals surface area contributed by atoms with Gasteiger partial charge in [-0.05, 0) is 57.0 Å². The smallest absolute Gasteiger partial charge is 0.262 e. The van der Waals surface area contributed by atoms with Gasteiger partial charge in [-0.2, -0.15) is 0 Å². The Kier molecular flexibility index (Phi) is 6.01. The zero-order valence-electron chi connectivity index (χ0n) is 16.3. The van der Waals surface area contributed by atoms with E-state index in [-0.39, 0.29) is 5.91 Å². The van der Waals surface area contributed by atoms with Crippen LogP contribution in [0.3, 0.4) is 0 Å². The van der Waals surface area contributed by atoms with Crippen molar-refractivity contribution in [2.75, 3.05) is 0 Å². The zero-order chi connectivity index (χ0) is 20.3. The van der Waals surface area contributed by atoms with E-state index in [1.54, 1.807) is 6.20 Å². The minimum atomic E-state index is -0.409. The number of aromatic nitrogens is 1. The van der Waals surface area contributed by atoms with Gasteiger partial charge >= 0.3 is 0 Å². The van der Waals surface area contributed by atoms with E-state index in [4.69, 9.17) is 11.6 Å². The Hall–Kier alpha value is -2.43. The Balaban J connectivity index is 2.02. The van der Waals surface area contributed by atoms with Gasteiger partial charge in [0, 0.05) is 27.7 Å². The quantitative estimate of drug-likeness (QED) is 0.462. The molecule has 0 aliphatic rings. The monoisotopic (exact) mass is 410 g/mol. The number of allylic oxidation sites excluding steroid dienone is 2. The lowest BCUT2D eigenvalue weighted by atomic mass is 9.94. The van der Waals surface area contributed by atoms with Crippen LogP contribution in [0.25, 0.3) is 21.3 Å². The molecule has 3 rings (SSSR count). The van der Waals surface area contributed by atoms with Gasteiger partial charge in [0.25, 0.3) is 5.91 Å². The summed E-state index contributed by atoms with van der Waals surface area (Å²) in [5.41, 5.74) is 2.54. The first-order valence-electron chi connectivity index (χ1n) is 9.08. The number of hydrogen-bond donors (Lipinski definition) is 1. The van der Waals surface area contributed by atoms with Gasteiger partial charge in [-0.1, -0.05) is 48.0 Å². The second-order valence-corrected chi connectivity index (χ2v) is 8.69. The van der Waals surface area contributed by atoms with Gasteiger partial charge in [-0.25, -0.2) is 4.98 Å². The fourth-order valence-corrected chi connectivity index (χ4v) is 4.39. The molecule has 2 heterocycles. The van der Waals surface area contributed by atoms with Gasteiger partial charge in [0.15, 0.2) is 0 Å². The van der Waals surface area contributed by atoms with Crippen molar-refractivity contribution >= 4 is 39.1 Å². The molecule has 0 spiro atoms. The van der Waals surface area contributed by atoms with E-state index >= 15 is 0 Å². The van der Waals surface area contributed by atoms with Crippen LogP contribution in [-0.2, 0) is 0 Å². The van der Waals surface area contributed by atoms with Crippen molar-refractivity contribution in [2.24, 2.45) is 0 Å². The van der Waals surface area contributed by atoms with Crippen LogP contribution in [0.4, 0.5) is 0 Å². The van der Waals surface area contributed by atoms with Gasteiger partial charge in [0.2, 0.25) is 0 Å². The van der Waals surface area contributed by atoms with Gasteiger partial charge in [0.1, 0.15) is 9.71 Å². The third-order valence-corrected chi connectivity index (χ3v) is 5.90. The summed E-state index contributed by atoms with van der Waals surface area (Å²) in [5.74, 6) is -0.0996. The van der Waals surface area contributed by atoms with Gasteiger partial charge in [0.05, 0.1) is 0 Å². The molecule has 0 saturated heterocycles. The van der Waals surface area contributed by atoms with E-state index in [1.165, 1.54) is 11.3 Å². The van der Waals surface area contributed by atoms with Gasteiger partial charge in [-0.3, -0.25) is 4.79 Å². The average molecular weight is 411 g/mol. The summed E-state index contributed by atoms with van der Waals surface area (Å²) in [5, 5.41) is 4.82. The summed E-state index contributed by atoms with van der Waals surface area (Å²) in [6, 6.07) is 11.4. The molecule has 0 aliphatic carbocycles. The van der Waals surface area contributed by atoms with Gasteiger partial charge in [-0.15, -0.1) is 11.3 Å². The summed E-state index contributed by atoms with van der Waals surface area (Å²) in [4.78, 5) is 19.2. The number of amides is 1. The summed E-state index contributed by atoms with van der Waals surface area (Å²) in [7, 11) is 0. The maximum absolute atomic E-state index is 13.2. The highest BCUT2D eigenvalue weighted by Crippen LogP contribution is 2.38. The molecular formula is C23H23ClN2OS. The predicted molar refractivity (Wildman–Crippen MR) is 120 cm³/mol. The van der Waals surface area contributed by atoms with E-state index in [0.717, 1.165) is 26.9 Å². The molecule has 0 saturated carbocycles. The van der Waals surface area contributed by atoms with E-state index < -0.39 is 5.54 Å². The number of nitrogens with one attached hydrogen (secondary N) is 1. The molecule has 0 radical (unpaired) electrons. The van der Waals surface area contributed by atoms with Crippen molar-refractivity contribution in [3.05, 3.63) is 76.8 Å². The molecule has 0 unspecified atom stereocenters. The molecule has 0 bridgehead atoms. The van der Waals surface area contributed by atoms with E-state index in [9.17, 15) is 4.79 Å². The fourth-order valence-electron chi connectivity index (χ4n) is 3.21. The molecule has 1 N–H and O–H groups in total. The van der Waals surface area contributed by atoms with Crippen LogP contribution in [0.15, 0.2) is 66.9 Å². The fraction of sp³-hybridized carbons (Fsp3) is 0.217. The largest absolute Gasteiger partial charge is 0.346 e. The molecule has 1 amide bonds. The van der Waals surface area contributed by atoms with E-state index in [0.29, 0.717) is 16.3 Å². The molecule has 28 heavy (non-hydrogen) atoms. The van der Waals surface area contributed by atoms with E-state index in [2.05, 4.69) is 16.9 Å². The summed E-state index contributed by atoms with van der Waals surface area (Å²) in [6.07, 6.45) is 6.30. The maximum atomic E-state index is 13.2. The van der Waals surface area contributed by atoms with Gasteiger partial charge < -0.3 is 5.32 Å². The van der Waals surface area contributed by atoms with Crippen LogP contribution < -0.4 is 5.32 Å². The number of carbonyl (C=O) groups is 1. The summed E-state index contributed by atoms with van der Waals surface area (Å²) in [6.45, 7) is 9.86. The number of hydrogen-bond acceptors (Lipinski definition) is 3. The molecule has 0 atom stereocenters. The molecule has 3 aromatic rings. The first-order chi connectivity index (χ1) is 13.3. The Morgan fingerprint density at radius 3 is 2.64 bits per heavy atom. The van der Waals surface area contributed by atoms with Crippen molar-refractivity contribution < 1.29 is 4.79 Å². The molecule has 3 nitrogen and oxygen atoms in total. The molecule has 2 aromatic heterocycles. The number of thiophene rings is 1. The van der Waals surface area contributed by atoms with E-state index in [1.807, 2.05) is 69.3 Å². The lowest BCUT2D eigenvalue weighted by Crippen LogP contribution is -2.43. The molecule has 5 heteroatoms. The lowest BCUT2D eigenvalue weighted by molar-refractivity contribution is 0.0918. The van der Waals surface area contributed by atoms with Crippen molar-refractivity contribution in [3.63, 3.8) is 0 Å². The minimum absolute atomic E-state index is 0.0996. The minimum Gasteiger partial charge on any atom is -0.346 e. The SMILES string of the molecule is C=CC(=CC)CC(C)(C)NC(=O)c1sc2ncccc2c1-c1ccc(Cl)cc1. The molecule has 1 aromatic carbocycles.